The van der Waals surface area contributed by atoms with Gasteiger partial charge in [-0.2, -0.15) is 0 Å². The van der Waals surface area contributed by atoms with Gasteiger partial charge in [-0.05, 0) is 5.56 Å². The van der Waals surface area contributed by atoms with E-state index in [2.05, 4.69) is 5.32 Å². The van der Waals surface area contributed by atoms with Gasteiger partial charge < -0.3 is 5.32 Å². The molecule has 0 fully saturated rings. The van der Waals surface area contributed by atoms with Crippen LogP contribution in [-0.2, 0) is 0 Å². The van der Waals surface area contributed by atoms with E-state index in [0.717, 1.165) is 28.1 Å². The van der Waals surface area contributed by atoms with E-state index >= 15 is 0 Å². The van der Waals surface area contributed by atoms with E-state index in [4.69, 9.17) is 0 Å². The molecule has 0 atom stereocenters. The minimum Gasteiger partial charge on any atom is -0.354 e. The molecule has 0 unspecified atom stereocenters. The predicted molar refractivity (Wildman–Crippen MR) is 108 cm³/mol. The van der Waals surface area contributed by atoms with Gasteiger partial charge in [0.15, 0.2) is 11.6 Å². The maximum absolute atomic E-state index is 13.4. The first-order valence-electron chi connectivity index (χ1n) is 9.34. The van der Waals surface area contributed by atoms with Crippen LogP contribution in [0.3, 0.4) is 0 Å². The van der Waals surface area contributed by atoms with E-state index in [1.54, 1.807) is 0 Å². The van der Waals surface area contributed by atoms with Gasteiger partial charge in [0.1, 0.15) is 0 Å². The second kappa shape index (κ2) is 5.40. The van der Waals surface area contributed by atoms with Crippen molar-refractivity contribution in [3.8, 4) is 0 Å². The standard InChI is InChI=1S/C25H15NO2/c27-24-17-12-6-4-10-15(17)22-20(24)19(14-8-2-1-3-9-14)21-23(26-22)16-11-5-7-13-18(16)25(21)28/h1-13,19,26H. The van der Waals surface area contributed by atoms with Crippen molar-refractivity contribution in [2.24, 2.45) is 0 Å². The molecule has 0 bridgehead atoms. The van der Waals surface area contributed by atoms with Crippen molar-refractivity contribution in [1.82, 2.24) is 5.32 Å². The molecule has 3 aromatic rings. The number of dihydropyridines is 1. The van der Waals surface area contributed by atoms with Crippen LogP contribution in [0.2, 0.25) is 0 Å². The number of carbonyl (C=O) groups is 2. The van der Waals surface area contributed by atoms with Crippen LogP contribution in [0.25, 0.3) is 11.4 Å². The molecule has 0 radical (unpaired) electrons. The monoisotopic (exact) mass is 361 g/mol. The number of Topliss-reactive ketones (excluding diaryl/α,β-unsaturated/α-hetero) is 2. The zero-order chi connectivity index (χ0) is 18.8. The summed E-state index contributed by atoms with van der Waals surface area (Å²) >= 11 is 0. The molecule has 1 aliphatic heterocycles. The number of nitrogens with one attached hydrogen (secondary N) is 1. The fraction of sp³-hybridized carbons (Fsp3) is 0.0400. The first-order chi connectivity index (χ1) is 13.8. The third-order valence-electron chi connectivity index (χ3n) is 5.87. The van der Waals surface area contributed by atoms with Gasteiger partial charge >= 0.3 is 0 Å². The summed E-state index contributed by atoms with van der Waals surface area (Å²) in [6.45, 7) is 0. The summed E-state index contributed by atoms with van der Waals surface area (Å²) in [6, 6.07) is 25.2. The molecular formula is C25H15NO2. The molecule has 28 heavy (non-hydrogen) atoms. The van der Waals surface area contributed by atoms with E-state index in [1.807, 2.05) is 78.9 Å². The molecule has 132 valence electrons. The topological polar surface area (TPSA) is 46.2 Å². The van der Waals surface area contributed by atoms with Crippen molar-refractivity contribution < 1.29 is 9.59 Å². The molecule has 2 aliphatic carbocycles. The van der Waals surface area contributed by atoms with E-state index < -0.39 is 0 Å². The molecule has 6 rings (SSSR count). The van der Waals surface area contributed by atoms with Gasteiger partial charge in [-0.15, -0.1) is 0 Å². The summed E-state index contributed by atoms with van der Waals surface area (Å²) in [4.78, 5) is 26.7. The van der Waals surface area contributed by atoms with Gasteiger partial charge in [0.25, 0.3) is 0 Å². The number of rotatable bonds is 1. The van der Waals surface area contributed by atoms with Gasteiger partial charge in [0, 0.05) is 39.3 Å². The molecule has 1 N–H and O–H groups in total. The average molecular weight is 361 g/mol. The Balaban J connectivity index is 1.65. The van der Waals surface area contributed by atoms with Crippen LogP contribution in [0.1, 0.15) is 43.3 Å². The van der Waals surface area contributed by atoms with E-state index in [0.29, 0.717) is 22.3 Å². The first-order valence-corrected chi connectivity index (χ1v) is 9.34. The number of hydrogen-bond donors (Lipinski definition) is 1. The van der Waals surface area contributed by atoms with Crippen LogP contribution in [-0.4, -0.2) is 11.6 Å². The Bertz CT molecular complexity index is 1180. The number of fused-ring (bicyclic) bond motifs is 4. The van der Waals surface area contributed by atoms with E-state index in [-0.39, 0.29) is 17.5 Å². The number of carbonyl (C=O) groups excluding carboxylic acids is 2. The second-order valence-electron chi connectivity index (χ2n) is 7.30. The van der Waals surface area contributed by atoms with Gasteiger partial charge in [-0.1, -0.05) is 78.9 Å². The zero-order valence-electron chi connectivity index (χ0n) is 14.9. The van der Waals surface area contributed by atoms with Crippen LogP contribution >= 0.6 is 0 Å². The highest BCUT2D eigenvalue weighted by Crippen LogP contribution is 2.51. The molecule has 0 amide bonds. The fourth-order valence-electron chi connectivity index (χ4n) is 4.67. The summed E-state index contributed by atoms with van der Waals surface area (Å²) < 4.78 is 0. The van der Waals surface area contributed by atoms with Gasteiger partial charge in [-0.3, -0.25) is 9.59 Å². The quantitative estimate of drug-likeness (QED) is 0.690. The lowest BCUT2D eigenvalue weighted by Gasteiger charge is -2.27. The minimum atomic E-state index is -0.368. The lowest BCUT2D eigenvalue weighted by atomic mass is 9.79. The molecule has 0 aromatic heterocycles. The van der Waals surface area contributed by atoms with E-state index in [1.165, 1.54) is 0 Å². The van der Waals surface area contributed by atoms with Gasteiger partial charge in [-0.25, -0.2) is 0 Å². The Morgan fingerprint density at radius 1 is 0.536 bits per heavy atom. The largest absolute Gasteiger partial charge is 0.354 e. The summed E-state index contributed by atoms with van der Waals surface area (Å²) in [5, 5.41) is 3.47. The van der Waals surface area contributed by atoms with Crippen molar-refractivity contribution >= 4 is 23.0 Å². The second-order valence-corrected chi connectivity index (χ2v) is 7.30. The Hall–Kier alpha value is -3.72. The van der Waals surface area contributed by atoms with Crippen molar-refractivity contribution in [2.45, 2.75) is 5.92 Å². The van der Waals surface area contributed by atoms with Gasteiger partial charge in [0.2, 0.25) is 0 Å². The molecule has 3 nitrogen and oxygen atoms in total. The molecule has 0 saturated heterocycles. The van der Waals surface area contributed by atoms with Crippen molar-refractivity contribution in [3.05, 3.63) is 118 Å². The SMILES string of the molecule is O=C1C2=C(NC3=C(C(=O)c4ccccc43)C2c2ccccc2)c2ccccc21. The maximum Gasteiger partial charge on any atom is 0.192 e. The van der Waals surface area contributed by atoms with Crippen LogP contribution < -0.4 is 5.32 Å². The Morgan fingerprint density at radius 3 is 1.46 bits per heavy atom. The molecular weight excluding hydrogens is 346 g/mol. The van der Waals surface area contributed by atoms with E-state index in [9.17, 15) is 9.59 Å². The van der Waals surface area contributed by atoms with Crippen LogP contribution in [0, 0.1) is 0 Å². The Morgan fingerprint density at radius 2 is 0.964 bits per heavy atom. The molecule has 1 heterocycles. The number of ketones is 2. The lowest BCUT2D eigenvalue weighted by Crippen LogP contribution is -2.25. The fourth-order valence-corrected chi connectivity index (χ4v) is 4.67. The van der Waals surface area contributed by atoms with Crippen molar-refractivity contribution in [3.63, 3.8) is 0 Å². The average Bonchev–Trinajstić information content (AvgIpc) is 3.20. The highest BCUT2D eigenvalue weighted by Gasteiger charge is 2.46. The number of benzene rings is 3. The van der Waals surface area contributed by atoms with Crippen LogP contribution in [0.4, 0.5) is 0 Å². The maximum atomic E-state index is 13.4. The Labute approximate surface area is 162 Å². The van der Waals surface area contributed by atoms with Crippen molar-refractivity contribution in [1.29, 1.82) is 0 Å². The summed E-state index contributed by atoms with van der Waals surface area (Å²) in [7, 11) is 0. The lowest BCUT2D eigenvalue weighted by molar-refractivity contribution is 0.102. The summed E-state index contributed by atoms with van der Waals surface area (Å²) in [6.07, 6.45) is 0. The highest BCUT2D eigenvalue weighted by molar-refractivity contribution is 6.29. The zero-order valence-corrected chi connectivity index (χ0v) is 14.9. The number of hydrogen-bond acceptors (Lipinski definition) is 3. The third kappa shape index (κ3) is 1.83. The predicted octanol–water partition coefficient (Wildman–Crippen LogP) is 4.59. The highest BCUT2D eigenvalue weighted by atomic mass is 16.1. The molecule has 3 aromatic carbocycles. The Kier molecular flexibility index (Phi) is 2.96. The molecule has 3 heteroatoms. The minimum absolute atomic E-state index is 0.00209. The normalized spacial score (nSPS) is 17.3. The first kappa shape index (κ1) is 15.3. The van der Waals surface area contributed by atoms with Crippen LogP contribution in [0.15, 0.2) is 90.0 Å². The number of allylic oxidation sites excluding steroid dienone is 2. The van der Waals surface area contributed by atoms with Crippen molar-refractivity contribution in [2.75, 3.05) is 0 Å². The summed E-state index contributed by atoms with van der Waals surface area (Å²) in [5.41, 5.74) is 7.19. The molecule has 0 spiro atoms. The third-order valence-corrected chi connectivity index (χ3v) is 5.87. The van der Waals surface area contributed by atoms with Crippen LogP contribution in [0.5, 0.6) is 0 Å². The molecule has 3 aliphatic rings. The smallest absolute Gasteiger partial charge is 0.192 e. The molecule has 0 saturated carbocycles. The summed E-state index contributed by atoms with van der Waals surface area (Å²) in [5.74, 6) is -0.364. The van der Waals surface area contributed by atoms with Gasteiger partial charge in [0.05, 0.1) is 11.4 Å².